The van der Waals surface area contributed by atoms with Crippen molar-refractivity contribution in [2.24, 2.45) is 0 Å². The average molecular weight is 253 g/mol. The summed E-state index contributed by atoms with van der Waals surface area (Å²) in [6.45, 7) is 8.89. The molecule has 0 aliphatic rings. The molecule has 1 aromatic carbocycles. The van der Waals surface area contributed by atoms with Crippen molar-refractivity contribution in [3.8, 4) is 11.3 Å². The van der Waals surface area contributed by atoms with Crippen molar-refractivity contribution >= 4 is 0 Å². The standard InChI is InChI=1S/C18H23N/c1-5-14-8-7-9-17(16(14)6-2)18-12-15(13(3)4)10-11-19-18/h7-13H,5-6H2,1-4H3. The predicted molar refractivity (Wildman–Crippen MR) is 82.5 cm³/mol. The molecule has 0 amide bonds. The predicted octanol–water partition coefficient (Wildman–Crippen LogP) is 5.00. The third-order valence-electron chi connectivity index (χ3n) is 3.73. The van der Waals surface area contributed by atoms with Crippen molar-refractivity contribution in [1.82, 2.24) is 4.98 Å². The fraction of sp³-hybridized carbons (Fsp3) is 0.389. The Balaban J connectivity index is 2.55. The number of aromatic nitrogens is 1. The van der Waals surface area contributed by atoms with Gasteiger partial charge in [-0.1, -0.05) is 45.9 Å². The van der Waals surface area contributed by atoms with Crippen LogP contribution < -0.4 is 0 Å². The minimum absolute atomic E-state index is 0.543. The molecule has 0 unspecified atom stereocenters. The number of rotatable bonds is 4. The number of hydrogen-bond donors (Lipinski definition) is 0. The molecule has 0 saturated heterocycles. The van der Waals surface area contributed by atoms with E-state index in [-0.39, 0.29) is 0 Å². The molecule has 0 aliphatic heterocycles. The molecule has 0 saturated carbocycles. The minimum Gasteiger partial charge on any atom is -0.256 e. The molecule has 1 aromatic heterocycles. The Labute approximate surface area is 116 Å². The lowest BCUT2D eigenvalue weighted by Gasteiger charge is -2.13. The van der Waals surface area contributed by atoms with Gasteiger partial charge in [0.25, 0.3) is 0 Å². The zero-order valence-electron chi connectivity index (χ0n) is 12.4. The molecule has 1 heterocycles. The van der Waals surface area contributed by atoms with Crippen molar-refractivity contribution in [3.63, 3.8) is 0 Å². The second-order valence-electron chi connectivity index (χ2n) is 5.28. The Morgan fingerprint density at radius 3 is 2.47 bits per heavy atom. The lowest BCUT2D eigenvalue weighted by Crippen LogP contribution is -1.97. The molecular weight excluding hydrogens is 230 g/mol. The van der Waals surface area contributed by atoms with Gasteiger partial charge in [-0.25, -0.2) is 0 Å². The summed E-state index contributed by atoms with van der Waals surface area (Å²) in [6.07, 6.45) is 4.08. The fourth-order valence-electron chi connectivity index (χ4n) is 2.58. The summed E-state index contributed by atoms with van der Waals surface area (Å²) in [5.74, 6) is 0.543. The number of nitrogens with zero attached hydrogens (tertiary/aromatic N) is 1. The minimum atomic E-state index is 0.543. The van der Waals surface area contributed by atoms with E-state index in [2.05, 4.69) is 63.0 Å². The van der Waals surface area contributed by atoms with Crippen LogP contribution in [0.25, 0.3) is 11.3 Å². The van der Waals surface area contributed by atoms with Gasteiger partial charge >= 0.3 is 0 Å². The molecule has 0 fully saturated rings. The van der Waals surface area contributed by atoms with Crippen LogP contribution in [0.4, 0.5) is 0 Å². The van der Waals surface area contributed by atoms with E-state index in [1.54, 1.807) is 0 Å². The molecule has 0 aliphatic carbocycles. The van der Waals surface area contributed by atoms with Crippen LogP contribution >= 0.6 is 0 Å². The summed E-state index contributed by atoms with van der Waals surface area (Å²) in [5, 5.41) is 0. The molecule has 0 spiro atoms. The topological polar surface area (TPSA) is 12.9 Å². The van der Waals surface area contributed by atoms with Crippen LogP contribution in [0, 0.1) is 0 Å². The highest BCUT2D eigenvalue weighted by molar-refractivity contribution is 5.66. The van der Waals surface area contributed by atoms with Gasteiger partial charge in [0.15, 0.2) is 0 Å². The van der Waals surface area contributed by atoms with E-state index in [0.717, 1.165) is 18.5 Å². The van der Waals surface area contributed by atoms with E-state index < -0.39 is 0 Å². The molecular formula is C18H23N. The van der Waals surface area contributed by atoms with Crippen molar-refractivity contribution < 1.29 is 0 Å². The first-order valence-electron chi connectivity index (χ1n) is 7.24. The van der Waals surface area contributed by atoms with E-state index in [1.165, 1.54) is 22.3 Å². The van der Waals surface area contributed by atoms with Crippen molar-refractivity contribution in [2.45, 2.75) is 46.5 Å². The number of hydrogen-bond acceptors (Lipinski definition) is 1. The SMILES string of the molecule is CCc1cccc(-c2cc(C(C)C)ccn2)c1CC. The van der Waals surface area contributed by atoms with Crippen molar-refractivity contribution in [1.29, 1.82) is 0 Å². The van der Waals surface area contributed by atoms with Gasteiger partial charge in [-0.05, 0) is 47.6 Å². The molecule has 0 bridgehead atoms. The first-order valence-corrected chi connectivity index (χ1v) is 7.24. The second kappa shape index (κ2) is 6.01. The van der Waals surface area contributed by atoms with Gasteiger partial charge in [0, 0.05) is 11.8 Å². The van der Waals surface area contributed by atoms with Gasteiger partial charge < -0.3 is 0 Å². The van der Waals surface area contributed by atoms with Gasteiger partial charge in [0.2, 0.25) is 0 Å². The summed E-state index contributed by atoms with van der Waals surface area (Å²) in [6, 6.07) is 10.9. The lowest BCUT2D eigenvalue weighted by molar-refractivity contribution is 0.863. The highest BCUT2D eigenvalue weighted by Gasteiger charge is 2.10. The molecule has 1 nitrogen and oxygen atoms in total. The van der Waals surface area contributed by atoms with Gasteiger partial charge in [-0.2, -0.15) is 0 Å². The summed E-state index contributed by atoms with van der Waals surface area (Å²) >= 11 is 0. The van der Waals surface area contributed by atoms with E-state index in [9.17, 15) is 0 Å². The van der Waals surface area contributed by atoms with Crippen LogP contribution in [0.3, 0.4) is 0 Å². The molecule has 2 aromatic rings. The molecule has 0 N–H and O–H groups in total. The van der Waals surface area contributed by atoms with Gasteiger partial charge in [-0.15, -0.1) is 0 Å². The Morgan fingerprint density at radius 2 is 1.84 bits per heavy atom. The molecule has 2 rings (SSSR count). The van der Waals surface area contributed by atoms with E-state index in [0.29, 0.717) is 5.92 Å². The maximum Gasteiger partial charge on any atom is 0.0707 e. The molecule has 0 radical (unpaired) electrons. The summed E-state index contributed by atoms with van der Waals surface area (Å²) in [4.78, 5) is 4.58. The van der Waals surface area contributed by atoms with E-state index in [1.807, 2.05) is 6.20 Å². The van der Waals surface area contributed by atoms with Crippen LogP contribution in [0.2, 0.25) is 0 Å². The summed E-state index contributed by atoms with van der Waals surface area (Å²) in [7, 11) is 0. The van der Waals surface area contributed by atoms with Gasteiger partial charge in [-0.3, -0.25) is 4.98 Å². The van der Waals surface area contributed by atoms with Crippen LogP contribution in [0.15, 0.2) is 36.5 Å². The average Bonchev–Trinajstić information content (AvgIpc) is 2.46. The molecule has 100 valence electrons. The smallest absolute Gasteiger partial charge is 0.0707 e. The summed E-state index contributed by atoms with van der Waals surface area (Å²) < 4.78 is 0. The number of aryl methyl sites for hydroxylation is 1. The number of pyridine rings is 1. The monoisotopic (exact) mass is 253 g/mol. The maximum atomic E-state index is 4.58. The van der Waals surface area contributed by atoms with Crippen LogP contribution in [-0.2, 0) is 12.8 Å². The quantitative estimate of drug-likeness (QED) is 0.747. The lowest BCUT2D eigenvalue weighted by atomic mass is 9.93. The second-order valence-corrected chi connectivity index (χ2v) is 5.28. The largest absolute Gasteiger partial charge is 0.256 e. The van der Waals surface area contributed by atoms with Crippen LogP contribution in [0.1, 0.15) is 50.3 Å². The van der Waals surface area contributed by atoms with E-state index >= 15 is 0 Å². The molecule has 1 heteroatoms. The number of benzene rings is 1. The molecule has 19 heavy (non-hydrogen) atoms. The van der Waals surface area contributed by atoms with Crippen molar-refractivity contribution in [3.05, 3.63) is 53.2 Å². The Morgan fingerprint density at radius 1 is 1.05 bits per heavy atom. The summed E-state index contributed by atoms with van der Waals surface area (Å²) in [5.41, 5.74) is 6.65. The highest BCUT2D eigenvalue weighted by Crippen LogP contribution is 2.27. The zero-order valence-corrected chi connectivity index (χ0v) is 12.4. The van der Waals surface area contributed by atoms with E-state index in [4.69, 9.17) is 0 Å². The first-order chi connectivity index (χ1) is 9.17. The molecule has 0 atom stereocenters. The third kappa shape index (κ3) is 2.86. The van der Waals surface area contributed by atoms with Gasteiger partial charge in [0.05, 0.1) is 5.69 Å². The van der Waals surface area contributed by atoms with Crippen LogP contribution in [-0.4, -0.2) is 4.98 Å². The van der Waals surface area contributed by atoms with Gasteiger partial charge in [0.1, 0.15) is 0 Å². The Hall–Kier alpha value is -1.63. The Bertz CT molecular complexity index is 555. The maximum absolute atomic E-state index is 4.58. The Kier molecular flexibility index (Phi) is 4.36. The van der Waals surface area contributed by atoms with Crippen molar-refractivity contribution in [2.75, 3.05) is 0 Å². The zero-order chi connectivity index (χ0) is 13.8. The first kappa shape index (κ1) is 13.8. The highest BCUT2D eigenvalue weighted by atomic mass is 14.7. The third-order valence-corrected chi connectivity index (χ3v) is 3.73. The van der Waals surface area contributed by atoms with Crippen LogP contribution in [0.5, 0.6) is 0 Å². The normalized spacial score (nSPS) is 11.0. The fourth-order valence-corrected chi connectivity index (χ4v) is 2.58.